The highest BCUT2D eigenvalue weighted by Crippen LogP contribution is 2.26. The van der Waals surface area contributed by atoms with Gasteiger partial charge in [0.05, 0.1) is 32.8 Å². The molecule has 1 atom stereocenters. The molecule has 8 nitrogen and oxygen atoms in total. The second-order valence-electron chi connectivity index (χ2n) is 9.18. The van der Waals surface area contributed by atoms with Crippen LogP contribution < -0.4 is 0 Å². The Hall–Kier alpha value is -2.97. The van der Waals surface area contributed by atoms with E-state index in [0.29, 0.717) is 56.1 Å². The van der Waals surface area contributed by atoms with Crippen LogP contribution in [0.25, 0.3) is 0 Å². The lowest BCUT2D eigenvalue weighted by molar-refractivity contribution is -0.132. The van der Waals surface area contributed by atoms with E-state index in [1.165, 1.54) is 7.11 Å². The number of aromatic nitrogens is 1. The molecular weight excluding hydrogens is 458 g/mol. The Morgan fingerprint density at radius 2 is 1.75 bits per heavy atom. The first-order valence-electron chi connectivity index (χ1n) is 12.8. The van der Waals surface area contributed by atoms with Gasteiger partial charge in [-0.2, -0.15) is 0 Å². The number of amides is 1. The zero-order valence-corrected chi connectivity index (χ0v) is 22.2. The van der Waals surface area contributed by atoms with Crippen LogP contribution in [0.15, 0.2) is 30.3 Å². The van der Waals surface area contributed by atoms with E-state index in [4.69, 9.17) is 9.47 Å². The van der Waals surface area contributed by atoms with Gasteiger partial charge in [0.25, 0.3) is 0 Å². The van der Waals surface area contributed by atoms with Gasteiger partial charge < -0.3 is 18.9 Å². The molecule has 196 valence electrons. The van der Waals surface area contributed by atoms with E-state index in [1.54, 1.807) is 11.8 Å². The third kappa shape index (κ3) is 6.05. The molecule has 0 N–H and O–H groups in total. The molecule has 3 rings (SSSR count). The lowest BCUT2D eigenvalue weighted by Gasteiger charge is -2.31. The minimum Gasteiger partial charge on any atom is -0.464 e. The second-order valence-corrected chi connectivity index (χ2v) is 9.18. The van der Waals surface area contributed by atoms with Crippen LogP contribution in [-0.4, -0.2) is 85.1 Å². The fourth-order valence-electron chi connectivity index (χ4n) is 5.13. The number of ketones is 1. The maximum absolute atomic E-state index is 13.8. The van der Waals surface area contributed by atoms with E-state index < -0.39 is 5.97 Å². The van der Waals surface area contributed by atoms with Crippen molar-refractivity contribution in [1.82, 2.24) is 14.4 Å². The van der Waals surface area contributed by atoms with Crippen molar-refractivity contribution in [2.24, 2.45) is 0 Å². The van der Waals surface area contributed by atoms with E-state index in [2.05, 4.69) is 4.90 Å². The van der Waals surface area contributed by atoms with E-state index in [1.807, 2.05) is 55.7 Å². The molecule has 0 aliphatic carbocycles. The first-order chi connectivity index (χ1) is 17.3. The Kier molecular flexibility index (Phi) is 9.84. The highest BCUT2D eigenvalue weighted by Gasteiger charge is 2.31. The zero-order valence-electron chi connectivity index (χ0n) is 22.2. The number of morpholine rings is 1. The standard InChI is InChI=1S/C28H39N3O5/c1-6-23(22-11-9-8-10-12-22)27(33)30(14-13-29-15-17-36-18-16-29)19-24(32)25-20(3)26(28(34)35-5)31(7-2)21(25)4/h8-12,23H,6-7,13-19H2,1-5H3. The number of carbonyl (C=O) groups excluding carboxylic acids is 3. The molecular formula is C28H39N3O5. The molecule has 1 saturated heterocycles. The number of benzene rings is 1. The van der Waals surface area contributed by atoms with Crippen molar-refractivity contribution in [2.75, 3.05) is 53.0 Å². The summed E-state index contributed by atoms with van der Waals surface area (Å²) in [6.45, 7) is 12.1. The highest BCUT2D eigenvalue weighted by molar-refractivity contribution is 6.05. The quantitative estimate of drug-likeness (QED) is 0.349. The van der Waals surface area contributed by atoms with E-state index in [0.717, 1.165) is 24.3 Å². The number of esters is 1. The Balaban J connectivity index is 1.90. The average molecular weight is 498 g/mol. The molecule has 1 amide bonds. The van der Waals surface area contributed by atoms with Gasteiger partial charge in [-0.25, -0.2) is 4.79 Å². The third-order valence-electron chi connectivity index (χ3n) is 7.08. The summed E-state index contributed by atoms with van der Waals surface area (Å²) < 4.78 is 12.2. The fourth-order valence-corrected chi connectivity index (χ4v) is 5.13. The summed E-state index contributed by atoms with van der Waals surface area (Å²) in [6, 6.07) is 9.73. The van der Waals surface area contributed by atoms with Crippen LogP contribution in [0.5, 0.6) is 0 Å². The van der Waals surface area contributed by atoms with Crippen molar-refractivity contribution in [1.29, 1.82) is 0 Å². The second kappa shape index (κ2) is 12.8. The van der Waals surface area contributed by atoms with Crippen LogP contribution in [0, 0.1) is 13.8 Å². The lowest BCUT2D eigenvalue weighted by Crippen LogP contribution is -2.46. The number of rotatable bonds is 11. The first kappa shape index (κ1) is 27.6. The highest BCUT2D eigenvalue weighted by atomic mass is 16.5. The van der Waals surface area contributed by atoms with Gasteiger partial charge in [-0.15, -0.1) is 0 Å². The molecule has 1 aliphatic heterocycles. The van der Waals surface area contributed by atoms with E-state index >= 15 is 0 Å². The number of ether oxygens (including phenoxy) is 2. The van der Waals surface area contributed by atoms with Gasteiger partial charge >= 0.3 is 5.97 Å². The number of hydrogen-bond acceptors (Lipinski definition) is 6. The van der Waals surface area contributed by atoms with Crippen molar-refractivity contribution in [3.8, 4) is 0 Å². The number of carbonyl (C=O) groups is 3. The van der Waals surface area contributed by atoms with Crippen LogP contribution >= 0.6 is 0 Å². The first-order valence-corrected chi connectivity index (χ1v) is 12.8. The molecule has 0 saturated carbocycles. The van der Waals surface area contributed by atoms with Crippen LogP contribution in [0.1, 0.15) is 63.9 Å². The summed E-state index contributed by atoms with van der Waals surface area (Å²) in [5.74, 6) is -1.01. The van der Waals surface area contributed by atoms with Crippen LogP contribution in [0.2, 0.25) is 0 Å². The third-order valence-corrected chi connectivity index (χ3v) is 7.08. The number of nitrogens with zero attached hydrogens (tertiary/aromatic N) is 3. The molecule has 8 heteroatoms. The van der Waals surface area contributed by atoms with Crippen LogP contribution in [0.3, 0.4) is 0 Å². The Bertz CT molecular complexity index is 1060. The van der Waals surface area contributed by atoms with E-state index in [9.17, 15) is 14.4 Å². The Morgan fingerprint density at radius 3 is 2.33 bits per heavy atom. The summed E-state index contributed by atoms with van der Waals surface area (Å²) >= 11 is 0. The minimum absolute atomic E-state index is 0.0392. The maximum atomic E-state index is 13.8. The van der Waals surface area contributed by atoms with Crippen molar-refractivity contribution < 1.29 is 23.9 Å². The van der Waals surface area contributed by atoms with Crippen molar-refractivity contribution >= 4 is 17.7 Å². The Morgan fingerprint density at radius 1 is 1.08 bits per heavy atom. The van der Waals surface area contributed by atoms with Crippen LogP contribution in [0.4, 0.5) is 0 Å². The predicted octanol–water partition coefficient (Wildman–Crippen LogP) is 3.45. The summed E-state index contributed by atoms with van der Waals surface area (Å²) in [5.41, 5.74) is 3.15. The van der Waals surface area contributed by atoms with Gasteiger partial charge in [0.1, 0.15) is 5.69 Å². The molecule has 1 aliphatic rings. The number of Topliss-reactive ketones (excluding diaryl/α,β-unsaturated/α-hetero) is 1. The maximum Gasteiger partial charge on any atom is 0.354 e. The number of methoxy groups -OCH3 is 1. The SMILES string of the molecule is CCC(C(=O)N(CCN1CCOCC1)CC(=O)c1c(C)c(C(=O)OC)n(CC)c1C)c1ccccc1. The van der Waals surface area contributed by atoms with Crippen molar-refractivity contribution in [3.05, 3.63) is 58.4 Å². The smallest absolute Gasteiger partial charge is 0.354 e. The zero-order chi connectivity index (χ0) is 26.2. The summed E-state index contributed by atoms with van der Waals surface area (Å²) in [6.07, 6.45) is 0.641. The molecule has 1 unspecified atom stereocenters. The largest absolute Gasteiger partial charge is 0.464 e. The lowest BCUT2D eigenvalue weighted by atomic mass is 9.94. The van der Waals surface area contributed by atoms with E-state index in [-0.39, 0.29) is 24.2 Å². The van der Waals surface area contributed by atoms with Gasteiger partial charge in [-0.1, -0.05) is 37.3 Å². The van der Waals surface area contributed by atoms with Gasteiger partial charge in [-0.3, -0.25) is 14.5 Å². The summed E-state index contributed by atoms with van der Waals surface area (Å²) in [7, 11) is 1.34. The molecule has 1 aromatic carbocycles. The summed E-state index contributed by atoms with van der Waals surface area (Å²) in [4.78, 5) is 43.9. The van der Waals surface area contributed by atoms with Crippen molar-refractivity contribution in [3.63, 3.8) is 0 Å². The fraction of sp³-hybridized carbons (Fsp3) is 0.536. The molecule has 0 bridgehead atoms. The molecule has 2 aromatic rings. The molecule has 2 heterocycles. The number of hydrogen-bond donors (Lipinski definition) is 0. The molecule has 1 fully saturated rings. The minimum atomic E-state index is -0.466. The Labute approximate surface area is 214 Å². The monoisotopic (exact) mass is 497 g/mol. The van der Waals surface area contributed by atoms with Gasteiger partial charge in [0, 0.05) is 44.0 Å². The van der Waals surface area contributed by atoms with Gasteiger partial charge in [-0.05, 0) is 38.3 Å². The molecule has 36 heavy (non-hydrogen) atoms. The van der Waals surface area contributed by atoms with Gasteiger partial charge in [0.15, 0.2) is 5.78 Å². The van der Waals surface area contributed by atoms with Gasteiger partial charge in [0.2, 0.25) is 5.91 Å². The summed E-state index contributed by atoms with van der Waals surface area (Å²) in [5, 5.41) is 0. The average Bonchev–Trinajstić information content (AvgIpc) is 3.16. The molecule has 0 spiro atoms. The van der Waals surface area contributed by atoms with Crippen LogP contribution in [-0.2, 0) is 20.8 Å². The topological polar surface area (TPSA) is 81.1 Å². The predicted molar refractivity (Wildman–Crippen MR) is 139 cm³/mol. The molecule has 0 radical (unpaired) electrons. The normalized spacial score (nSPS) is 14.9. The van der Waals surface area contributed by atoms with Crippen molar-refractivity contribution in [2.45, 2.75) is 46.6 Å². The molecule has 1 aromatic heterocycles.